The molecule has 0 aliphatic rings. The summed E-state index contributed by atoms with van der Waals surface area (Å²) < 4.78 is 7.47. The highest BCUT2D eigenvalue weighted by Crippen LogP contribution is 2.24. The standard InChI is InChI=1S/C19H18BrN3O3/c1-12(14-5-3-4-6-17(14)26-2)22-18(24)10-23-11-21-16-9-13(20)7-8-15(16)19(23)25/h3-9,11-12H,10H2,1-2H3,(H,22,24). The van der Waals surface area contributed by atoms with Crippen molar-refractivity contribution in [2.75, 3.05) is 7.11 Å². The monoisotopic (exact) mass is 415 g/mol. The predicted octanol–water partition coefficient (Wildman–Crippen LogP) is 3.05. The van der Waals surface area contributed by atoms with Crippen LogP contribution in [0.2, 0.25) is 0 Å². The van der Waals surface area contributed by atoms with Crippen molar-refractivity contribution in [3.8, 4) is 5.75 Å². The molecule has 1 unspecified atom stereocenters. The topological polar surface area (TPSA) is 73.2 Å². The fourth-order valence-corrected chi connectivity index (χ4v) is 3.14. The third-order valence-corrected chi connectivity index (χ3v) is 4.58. The van der Waals surface area contributed by atoms with Crippen LogP contribution in [0.25, 0.3) is 10.9 Å². The van der Waals surface area contributed by atoms with Crippen LogP contribution in [0.15, 0.2) is 58.1 Å². The van der Waals surface area contributed by atoms with Gasteiger partial charge in [0.15, 0.2) is 0 Å². The number of nitrogens with one attached hydrogen (secondary N) is 1. The summed E-state index contributed by atoms with van der Waals surface area (Å²) in [6, 6.07) is 12.5. The number of hydrogen-bond donors (Lipinski definition) is 1. The summed E-state index contributed by atoms with van der Waals surface area (Å²) in [6.45, 7) is 1.77. The van der Waals surface area contributed by atoms with Gasteiger partial charge in [-0.2, -0.15) is 0 Å². The van der Waals surface area contributed by atoms with Gasteiger partial charge in [-0.15, -0.1) is 0 Å². The van der Waals surface area contributed by atoms with Crippen LogP contribution in [0, 0.1) is 0 Å². The van der Waals surface area contributed by atoms with Crippen LogP contribution in [0.4, 0.5) is 0 Å². The van der Waals surface area contributed by atoms with E-state index in [4.69, 9.17) is 4.74 Å². The zero-order valence-corrected chi connectivity index (χ0v) is 16.0. The molecule has 2 aromatic carbocycles. The number of para-hydroxylation sites is 1. The number of carbonyl (C=O) groups excluding carboxylic acids is 1. The molecule has 0 saturated carbocycles. The van der Waals surface area contributed by atoms with E-state index in [1.165, 1.54) is 10.9 Å². The largest absolute Gasteiger partial charge is 0.496 e. The molecule has 6 nitrogen and oxygen atoms in total. The normalized spacial score (nSPS) is 12.0. The number of nitrogens with zero attached hydrogens (tertiary/aromatic N) is 2. The minimum atomic E-state index is -0.274. The first-order valence-corrected chi connectivity index (χ1v) is 8.86. The maximum Gasteiger partial charge on any atom is 0.261 e. The molecule has 0 saturated heterocycles. The van der Waals surface area contributed by atoms with E-state index in [9.17, 15) is 9.59 Å². The molecule has 1 amide bonds. The summed E-state index contributed by atoms with van der Waals surface area (Å²) in [7, 11) is 1.59. The van der Waals surface area contributed by atoms with Gasteiger partial charge >= 0.3 is 0 Å². The van der Waals surface area contributed by atoms with Crippen molar-refractivity contribution in [1.82, 2.24) is 14.9 Å². The van der Waals surface area contributed by atoms with Crippen molar-refractivity contribution in [3.05, 3.63) is 69.2 Å². The molecule has 134 valence electrons. The van der Waals surface area contributed by atoms with E-state index < -0.39 is 0 Å². The number of amides is 1. The van der Waals surface area contributed by atoms with E-state index in [-0.39, 0.29) is 24.1 Å². The number of aromatic nitrogens is 2. The van der Waals surface area contributed by atoms with Crippen molar-refractivity contribution in [2.45, 2.75) is 19.5 Å². The van der Waals surface area contributed by atoms with E-state index >= 15 is 0 Å². The van der Waals surface area contributed by atoms with Crippen molar-refractivity contribution >= 4 is 32.7 Å². The van der Waals surface area contributed by atoms with E-state index in [1.807, 2.05) is 31.2 Å². The quantitative estimate of drug-likeness (QED) is 0.694. The van der Waals surface area contributed by atoms with Crippen LogP contribution < -0.4 is 15.6 Å². The highest BCUT2D eigenvalue weighted by molar-refractivity contribution is 9.10. The summed E-state index contributed by atoms with van der Waals surface area (Å²) in [4.78, 5) is 29.2. The lowest BCUT2D eigenvalue weighted by molar-refractivity contribution is -0.122. The lowest BCUT2D eigenvalue weighted by atomic mass is 10.1. The van der Waals surface area contributed by atoms with Crippen LogP contribution in [0.1, 0.15) is 18.5 Å². The van der Waals surface area contributed by atoms with Crippen LogP contribution >= 0.6 is 15.9 Å². The van der Waals surface area contributed by atoms with Crippen molar-refractivity contribution in [1.29, 1.82) is 0 Å². The zero-order chi connectivity index (χ0) is 18.7. The van der Waals surface area contributed by atoms with Gasteiger partial charge < -0.3 is 10.1 Å². The zero-order valence-electron chi connectivity index (χ0n) is 14.4. The summed E-state index contributed by atoms with van der Waals surface area (Å²) in [5, 5.41) is 3.36. The Morgan fingerprint density at radius 1 is 1.31 bits per heavy atom. The number of carbonyl (C=O) groups is 1. The summed E-state index contributed by atoms with van der Waals surface area (Å²) in [5.74, 6) is 0.430. The van der Waals surface area contributed by atoms with Gasteiger partial charge in [-0.3, -0.25) is 14.2 Å². The number of halogens is 1. The lowest BCUT2D eigenvalue weighted by Crippen LogP contribution is -2.34. The molecule has 0 aliphatic heterocycles. The highest BCUT2D eigenvalue weighted by Gasteiger charge is 2.15. The first-order chi connectivity index (χ1) is 12.5. The Labute approximate surface area is 158 Å². The first kappa shape index (κ1) is 18.1. The van der Waals surface area contributed by atoms with Gasteiger partial charge in [0.25, 0.3) is 5.56 Å². The third kappa shape index (κ3) is 3.77. The minimum Gasteiger partial charge on any atom is -0.496 e. The average Bonchev–Trinajstić information content (AvgIpc) is 2.63. The summed E-state index contributed by atoms with van der Waals surface area (Å²) >= 11 is 3.35. The van der Waals surface area contributed by atoms with Crippen LogP contribution in [-0.2, 0) is 11.3 Å². The Kier molecular flexibility index (Phi) is 5.37. The Hall–Kier alpha value is -2.67. The minimum absolute atomic E-state index is 0.0999. The molecule has 1 aromatic heterocycles. The number of ether oxygens (including phenoxy) is 1. The van der Waals surface area contributed by atoms with Gasteiger partial charge in [0, 0.05) is 10.0 Å². The smallest absolute Gasteiger partial charge is 0.261 e. The Bertz CT molecular complexity index is 1020. The van der Waals surface area contributed by atoms with Crippen molar-refractivity contribution < 1.29 is 9.53 Å². The van der Waals surface area contributed by atoms with Crippen LogP contribution in [-0.4, -0.2) is 22.6 Å². The van der Waals surface area contributed by atoms with Gasteiger partial charge in [-0.1, -0.05) is 34.1 Å². The molecule has 1 atom stereocenters. The number of rotatable bonds is 5. The molecule has 0 aliphatic carbocycles. The molecule has 1 heterocycles. The van der Waals surface area contributed by atoms with Crippen molar-refractivity contribution in [3.63, 3.8) is 0 Å². The SMILES string of the molecule is COc1ccccc1C(C)NC(=O)Cn1cnc2cc(Br)ccc2c1=O. The number of hydrogen-bond acceptors (Lipinski definition) is 4. The molecule has 0 bridgehead atoms. The van der Waals surface area contributed by atoms with Gasteiger partial charge in [0.05, 0.1) is 30.4 Å². The maximum absolute atomic E-state index is 12.5. The number of fused-ring (bicyclic) bond motifs is 1. The van der Waals surface area contributed by atoms with Gasteiger partial charge in [-0.25, -0.2) is 4.98 Å². The van der Waals surface area contributed by atoms with Crippen LogP contribution in [0.3, 0.4) is 0 Å². The fourth-order valence-electron chi connectivity index (χ4n) is 2.79. The molecule has 3 aromatic rings. The van der Waals surface area contributed by atoms with E-state index in [0.717, 1.165) is 10.0 Å². The molecule has 1 N–H and O–H groups in total. The first-order valence-electron chi connectivity index (χ1n) is 8.06. The van der Waals surface area contributed by atoms with Crippen molar-refractivity contribution in [2.24, 2.45) is 0 Å². The van der Waals surface area contributed by atoms with E-state index in [1.54, 1.807) is 25.3 Å². The highest BCUT2D eigenvalue weighted by atomic mass is 79.9. The Morgan fingerprint density at radius 2 is 2.08 bits per heavy atom. The van der Waals surface area contributed by atoms with Gasteiger partial charge in [0.1, 0.15) is 12.3 Å². The second kappa shape index (κ2) is 7.70. The van der Waals surface area contributed by atoms with E-state index in [2.05, 4.69) is 26.2 Å². The molecular formula is C19H18BrN3O3. The molecule has 0 fully saturated rings. The molecule has 0 spiro atoms. The number of methoxy groups -OCH3 is 1. The number of benzene rings is 2. The molecule has 7 heteroatoms. The van der Waals surface area contributed by atoms with Gasteiger partial charge in [-0.05, 0) is 31.2 Å². The Balaban J connectivity index is 1.78. The summed E-state index contributed by atoms with van der Waals surface area (Å²) in [5.41, 5.74) is 1.21. The fraction of sp³-hybridized carbons (Fsp3) is 0.211. The molecule has 0 radical (unpaired) electrons. The average molecular weight is 416 g/mol. The summed E-state index contributed by atoms with van der Waals surface area (Å²) in [6.07, 6.45) is 1.39. The Morgan fingerprint density at radius 3 is 2.85 bits per heavy atom. The second-order valence-corrected chi connectivity index (χ2v) is 6.79. The molecule has 26 heavy (non-hydrogen) atoms. The molecule has 3 rings (SSSR count). The molecular weight excluding hydrogens is 398 g/mol. The maximum atomic E-state index is 12.5. The van der Waals surface area contributed by atoms with Gasteiger partial charge in [0.2, 0.25) is 5.91 Å². The van der Waals surface area contributed by atoms with E-state index in [0.29, 0.717) is 16.7 Å². The predicted molar refractivity (Wildman–Crippen MR) is 103 cm³/mol. The van der Waals surface area contributed by atoms with Crippen LogP contribution in [0.5, 0.6) is 5.75 Å². The lowest BCUT2D eigenvalue weighted by Gasteiger charge is -2.17. The third-order valence-electron chi connectivity index (χ3n) is 4.08. The second-order valence-electron chi connectivity index (χ2n) is 5.87.